The van der Waals surface area contributed by atoms with Crippen molar-refractivity contribution >= 4 is 0 Å². The maximum Gasteiger partial charge on any atom is 0.161 e. The zero-order valence-electron chi connectivity index (χ0n) is 8.66. The summed E-state index contributed by atoms with van der Waals surface area (Å²) >= 11 is 0. The van der Waals surface area contributed by atoms with E-state index in [1.165, 1.54) is 11.1 Å². The summed E-state index contributed by atoms with van der Waals surface area (Å²) in [7, 11) is 3.29. The molecule has 3 nitrogen and oxygen atoms in total. The van der Waals surface area contributed by atoms with Gasteiger partial charge in [0.2, 0.25) is 0 Å². The van der Waals surface area contributed by atoms with Crippen LogP contribution in [0.2, 0.25) is 0 Å². The standard InChI is InChI=1S/C11H14O3/c1-7-4-9(12-2)10(13-3)5-8(7)11-6-14-11/h4-5,11H,6H2,1-3H3. The summed E-state index contributed by atoms with van der Waals surface area (Å²) in [5, 5.41) is 0. The molecule has 0 aliphatic carbocycles. The second kappa shape index (κ2) is 3.50. The molecule has 3 heteroatoms. The van der Waals surface area contributed by atoms with Gasteiger partial charge in [-0.05, 0) is 30.2 Å². The van der Waals surface area contributed by atoms with Gasteiger partial charge in [-0.15, -0.1) is 0 Å². The maximum atomic E-state index is 5.25. The van der Waals surface area contributed by atoms with E-state index in [0.29, 0.717) is 0 Å². The van der Waals surface area contributed by atoms with Crippen molar-refractivity contribution in [3.05, 3.63) is 23.3 Å². The Kier molecular flexibility index (Phi) is 2.33. The molecule has 1 unspecified atom stereocenters. The van der Waals surface area contributed by atoms with Gasteiger partial charge in [0.1, 0.15) is 6.10 Å². The summed E-state index contributed by atoms with van der Waals surface area (Å²) in [4.78, 5) is 0. The van der Waals surface area contributed by atoms with Crippen LogP contribution in [0.25, 0.3) is 0 Å². The van der Waals surface area contributed by atoms with Crippen LogP contribution in [0.3, 0.4) is 0 Å². The summed E-state index contributed by atoms with van der Waals surface area (Å²) in [5.74, 6) is 1.54. The Morgan fingerprint density at radius 2 is 1.79 bits per heavy atom. The minimum absolute atomic E-state index is 0.259. The first-order chi connectivity index (χ1) is 6.76. The van der Waals surface area contributed by atoms with Crippen LogP contribution in [0, 0.1) is 6.92 Å². The molecule has 1 heterocycles. The summed E-state index contributed by atoms with van der Waals surface area (Å²) in [6.45, 7) is 2.87. The van der Waals surface area contributed by atoms with E-state index in [9.17, 15) is 0 Å². The Balaban J connectivity index is 2.42. The molecule has 76 valence electrons. The molecule has 1 aliphatic heterocycles. The van der Waals surface area contributed by atoms with Crippen molar-refractivity contribution in [2.24, 2.45) is 0 Å². The molecule has 14 heavy (non-hydrogen) atoms. The fraction of sp³-hybridized carbons (Fsp3) is 0.455. The van der Waals surface area contributed by atoms with Gasteiger partial charge in [-0.25, -0.2) is 0 Å². The molecule has 0 spiro atoms. The number of aryl methyl sites for hydroxylation is 1. The fourth-order valence-corrected chi connectivity index (χ4v) is 1.57. The Morgan fingerprint density at radius 3 is 2.29 bits per heavy atom. The number of benzene rings is 1. The van der Waals surface area contributed by atoms with Gasteiger partial charge in [-0.3, -0.25) is 0 Å². The van der Waals surface area contributed by atoms with E-state index in [-0.39, 0.29) is 6.10 Å². The Hall–Kier alpha value is -1.22. The third-order valence-corrected chi connectivity index (χ3v) is 2.45. The monoisotopic (exact) mass is 194 g/mol. The molecule has 0 amide bonds. The molecule has 2 rings (SSSR count). The lowest BCUT2D eigenvalue weighted by Crippen LogP contribution is -1.95. The largest absolute Gasteiger partial charge is 0.493 e. The van der Waals surface area contributed by atoms with E-state index in [1.54, 1.807) is 14.2 Å². The minimum atomic E-state index is 0.259. The number of hydrogen-bond acceptors (Lipinski definition) is 3. The highest BCUT2D eigenvalue weighted by molar-refractivity contribution is 5.48. The van der Waals surface area contributed by atoms with Crippen LogP contribution in [0.4, 0.5) is 0 Å². The van der Waals surface area contributed by atoms with E-state index in [2.05, 4.69) is 6.92 Å². The molecular formula is C11H14O3. The van der Waals surface area contributed by atoms with E-state index < -0.39 is 0 Å². The highest BCUT2D eigenvalue weighted by atomic mass is 16.6. The van der Waals surface area contributed by atoms with Crippen molar-refractivity contribution in [2.45, 2.75) is 13.0 Å². The van der Waals surface area contributed by atoms with Crippen molar-refractivity contribution in [2.75, 3.05) is 20.8 Å². The zero-order valence-corrected chi connectivity index (χ0v) is 8.66. The van der Waals surface area contributed by atoms with Crippen LogP contribution in [-0.4, -0.2) is 20.8 Å². The lowest BCUT2D eigenvalue weighted by atomic mass is 10.1. The Labute approximate surface area is 83.6 Å². The smallest absolute Gasteiger partial charge is 0.161 e. The third kappa shape index (κ3) is 1.55. The molecule has 0 N–H and O–H groups in total. The van der Waals surface area contributed by atoms with Crippen LogP contribution in [0.15, 0.2) is 12.1 Å². The van der Waals surface area contributed by atoms with Crippen LogP contribution in [0.5, 0.6) is 11.5 Å². The molecule has 0 bridgehead atoms. The molecule has 1 atom stereocenters. The maximum absolute atomic E-state index is 5.25. The van der Waals surface area contributed by atoms with E-state index in [0.717, 1.165) is 18.1 Å². The van der Waals surface area contributed by atoms with Crippen LogP contribution >= 0.6 is 0 Å². The van der Waals surface area contributed by atoms with Gasteiger partial charge in [-0.1, -0.05) is 0 Å². The quantitative estimate of drug-likeness (QED) is 0.690. The second-order valence-electron chi connectivity index (χ2n) is 3.39. The first-order valence-electron chi connectivity index (χ1n) is 4.60. The van der Waals surface area contributed by atoms with Gasteiger partial charge in [0.15, 0.2) is 11.5 Å². The SMILES string of the molecule is COc1cc(C)c(C2CO2)cc1OC. The van der Waals surface area contributed by atoms with E-state index in [1.807, 2.05) is 12.1 Å². The molecule has 1 aliphatic rings. The van der Waals surface area contributed by atoms with Crippen molar-refractivity contribution in [1.82, 2.24) is 0 Å². The van der Waals surface area contributed by atoms with E-state index in [4.69, 9.17) is 14.2 Å². The molecule has 1 fully saturated rings. The van der Waals surface area contributed by atoms with Gasteiger partial charge in [-0.2, -0.15) is 0 Å². The summed E-state index contributed by atoms with van der Waals surface area (Å²) in [6, 6.07) is 3.97. The van der Waals surface area contributed by atoms with Crippen LogP contribution in [0.1, 0.15) is 17.2 Å². The minimum Gasteiger partial charge on any atom is -0.493 e. The van der Waals surface area contributed by atoms with Crippen LogP contribution < -0.4 is 9.47 Å². The summed E-state index contributed by atoms with van der Waals surface area (Å²) in [5.41, 5.74) is 2.38. The lowest BCUT2D eigenvalue weighted by molar-refractivity contribution is 0.352. The fourth-order valence-electron chi connectivity index (χ4n) is 1.57. The number of methoxy groups -OCH3 is 2. The van der Waals surface area contributed by atoms with Crippen molar-refractivity contribution in [3.63, 3.8) is 0 Å². The average Bonchev–Trinajstić information content (AvgIpc) is 3.01. The summed E-state index contributed by atoms with van der Waals surface area (Å²) < 4.78 is 15.7. The molecule has 1 aromatic rings. The normalized spacial score (nSPS) is 19.2. The molecule has 1 saturated heterocycles. The van der Waals surface area contributed by atoms with Crippen LogP contribution in [-0.2, 0) is 4.74 Å². The number of hydrogen-bond donors (Lipinski definition) is 0. The highest BCUT2D eigenvalue weighted by Gasteiger charge is 2.27. The van der Waals surface area contributed by atoms with Gasteiger partial charge < -0.3 is 14.2 Å². The molecule has 0 aromatic heterocycles. The number of rotatable bonds is 3. The Morgan fingerprint density at radius 1 is 1.21 bits per heavy atom. The second-order valence-corrected chi connectivity index (χ2v) is 3.39. The third-order valence-electron chi connectivity index (χ3n) is 2.45. The predicted molar refractivity (Wildman–Crippen MR) is 53.0 cm³/mol. The summed E-state index contributed by atoms with van der Waals surface area (Å²) in [6.07, 6.45) is 0.259. The van der Waals surface area contributed by atoms with Gasteiger partial charge in [0.05, 0.1) is 20.8 Å². The lowest BCUT2D eigenvalue weighted by Gasteiger charge is -2.11. The number of ether oxygens (including phenoxy) is 3. The van der Waals surface area contributed by atoms with Gasteiger partial charge in [0, 0.05) is 0 Å². The van der Waals surface area contributed by atoms with Gasteiger partial charge in [0.25, 0.3) is 0 Å². The molecule has 1 aromatic carbocycles. The van der Waals surface area contributed by atoms with Crippen molar-refractivity contribution in [3.8, 4) is 11.5 Å². The molecule has 0 radical (unpaired) electrons. The average molecular weight is 194 g/mol. The van der Waals surface area contributed by atoms with Crippen molar-refractivity contribution < 1.29 is 14.2 Å². The first-order valence-corrected chi connectivity index (χ1v) is 4.60. The topological polar surface area (TPSA) is 31.0 Å². The zero-order chi connectivity index (χ0) is 10.1. The molecular weight excluding hydrogens is 180 g/mol. The number of epoxide rings is 1. The molecule has 0 saturated carbocycles. The highest BCUT2D eigenvalue weighted by Crippen LogP contribution is 2.38. The first kappa shape index (κ1) is 9.34. The van der Waals surface area contributed by atoms with E-state index >= 15 is 0 Å². The Bertz CT molecular complexity index is 343. The van der Waals surface area contributed by atoms with Crippen molar-refractivity contribution in [1.29, 1.82) is 0 Å². The predicted octanol–water partition coefficient (Wildman–Crippen LogP) is 2.08. The van der Waals surface area contributed by atoms with Gasteiger partial charge >= 0.3 is 0 Å².